The fourth-order valence-electron chi connectivity index (χ4n) is 3.68. The van der Waals surface area contributed by atoms with Gasteiger partial charge in [0.2, 0.25) is 15.9 Å². The molecule has 0 heterocycles. The van der Waals surface area contributed by atoms with Gasteiger partial charge in [0, 0.05) is 6.54 Å². The zero-order valence-electron chi connectivity index (χ0n) is 19.2. The number of rotatable bonds is 11. The molecule has 6 nitrogen and oxygen atoms in total. The van der Waals surface area contributed by atoms with E-state index in [4.69, 9.17) is 4.74 Å². The maximum absolute atomic E-state index is 12.5. The molecule has 0 aliphatic carbocycles. The molecule has 0 saturated carbocycles. The molecule has 0 aliphatic heterocycles. The van der Waals surface area contributed by atoms with Crippen molar-refractivity contribution >= 4 is 21.6 Å². The Morgan fingerprint density at radius 1 is 1.10 bits per heavy atom. The highest BCUT2D eigenvalue weighted by Gasteiger charge is 2.24. The molecule has 7 heteroatoms. The predicted molar refractivity (Wildman–Crippen MR) is 126 cm³/mol. The standard InChI is InChI=1S/C24H34N2O4S/c1-6-14-30-22-12-8-7-10-21(22)11-9-13-25-23(27)17-26(31(5,28)29)24-19(3)15-18(2)16-20(24)4/h7-8,10,12,15-16H,6,9,11,13-14,17H2,1-5H3,(H,25,27). The number of anilines is 1. The molecule has 0 aliphatic rings. The molecule has 0 saturated heterocycles. The van der Waals surface area contributed by atoms with Gasteiger partial charge in [0.25, 0.3) is 0 Å². The molecule has 0 atom stereocenters. The lowest BCUT2D eigenvalue weighted by molar-refractivity contribution is -0.119. The van der Waals surface area contributed by atoms with Gasteiger partial charge in [0.1, 0.15) is 12.3 Å². The van der Waals surface area contributed by atoms with E-state index in [1.165, 1.54) is 4.31 Å². The molecule has 0 bridgehead atoms. The summed E-state index contributed by atoms with van der Waals surface area (Å²) in [5.74, 6) is 0.560. The van der Waals surface area contributed by atoms with Crippen LogP contribution in [0.2, 0.25) is 0 Å². The van der Waals surface area contributed by atoms with Crippen LogP contribution in [-0.4, -0.2) is 40.3 Å². The van der Waals surface area contributed by atoms with Crippen LogP contribution in [0.5, 0.6) is 5.75 Å². The van der Waals surface area contributed by atoms with E-state index in [1.807, 2.05) is 57.2 Å². The van der Waals surface area contributed by atoms with Crippen molar-refractivity contribution in [1.29, 1.82) is 0 Å². The number of aryl methyl sites for hydroxylation is 4. The zero-order valence-corrected chi connectivity index (χ0v) is 20.0. The summed E-state index contributed by atoms with van der Waals surface area (Å²) in [5, 5.41) is 2.85. The maximum Gasteiger partial charge on any atom is 0.240 e. The quantitative estimate of drug-likeness (QED) is 0.531. The third-order valence-electron chi connectivity index (χ3n) is 4.95. The van der Waals surface area contributed by atoms with Gasteiger partial charge >= 0.3 is 0 Å². The molecule has 2 aromatic carbocycles. The Bertz CT molecular complexity index is 979. The number of carbonyl (C=O) groups excluding carboxylic acids is 1. The normalized spacial score (nSPS) is 11.3. The van der Waals surface area contributed by atoms with Crippen LogP contribution >= 0.6 is 0 Å². The summed E-state index contributed by atoms with van der Waals surface area (Å²) in [6, 6.07) is 11.8. The molecule has 170 valence electrons. The van der Waals surface area contributed by atoms with E-state index in [-0.39, 0.29) is 12.5 Å². The van der Waals surface area contributed by atoms with E-state index in [9.17, 15) is 13.2 Å². The first kappa shape index (κ1) is 24.7. The number of benzene rings is 2. The molecule has 1 amide bonds. The summed E-state index contributed by atoms with van der Waals surface area (Å²) in [7, 11) is -3.60. The van der Waals surface area contributed by atoms with Gasteiger partial charge in [-0.2, -0.15) is 0 Å². The second-order valence-electron chi connectivity index (χ2n) is 7.93. The van der Waals surface area contributed by atoms with E-state index >= 15 is 0 Å². The lowest BCUT2D eigenvalue weighted by Crippen LogP contribution is -2.41. The third-order valence-corrected chi connectivity index (χ3v) is 6.06. The number of para-hydroxylation sites is 1. The Labute approximate surface area is 186 Å². The van der Waals surface area contributed by atoms with Crippen molar-refractivity contribution in [3.05, 3.63) is 58.7 Å². The van der Waals surface area contributed by atoms with Crippen LogP contribution in [0.3, 0.4) is 0 Å². The van der Waals surface area contributed by atoms with Crippen molar-refractivity contribution in [2.45, 2.75) is 47.0 Å². The molecular formula is C24H34N2O4S. The molecule has 0 spiro atoms. The van der Waals surface area contributed by atoms with Gasteiger partial charge in [-0.25, -0.2) is 8.42 Å². The monoisotopic (exact) mass is 446 g/mol. The van der Waals surface area contributed by atoms with E-state index in [0.29, 0.717) is 18.8 Å². The summed E-state index contributed by atoms with van der Waals surface area (Å²) < 4.78 is 31.8. The minimum absolute atomic E-state index is 0.236. The number of hydrogen-bond acceptors (Lipinski definition) is 4. The van der Waals surface area contributed by atoms with Crippen LogP contribution < -0.4 is 14.4 Å². The van der Waals surface area contributed by atoms with E-state index in [0.717, 1.165) is 53.5 Å². The van der Waals surface area contributed by atoms with Crippen LogP contribution in [0, 0.1) is 20.8 Å². The third kappa shape index (κ3) is 7.28. The van der Waals surface area contributed by atoms with Crippen LogP contribution in [-0.2, 0) is 21.2 Å². The number of carbonyl (C=O) groups is 1. The first-order valence-corrected chi connectivity index (χ1v) is 12.5. The molecule has 2 aromatic rings. The number of hydrogen-bond donors (Lipinski definition) is 1. The fourth-order valence-corrected chi connectivity index (χ4v) is 4.66. The minimum Gasteiger partial charge on any atom is -0.493 e. The maximum atomic E-state index is 12.5. The van der Waals surface area contributed by atoms with Crippen molar-refractivity contribution in [2.75, 3.05) is 30.3 Å². The molecule has 1 N–H and O–H groups in total. The largest absolute Gasteiger partial charge is 0.493 e. The van der Waals surface area contributed by atoms with Gasteiger partial charge in [-0.15, -0.1) is 0 Å². The van der Waals surface area contributed by atoms with Crippen molar-refractivity contribution in [3.63, 3.8) is 0 Å². The second kappa shape index (κ2) is 11.2. The highest BCUT2D eigenvalue weighted by molar-refractivity contribution is 7.92. The average Bonchev–Trinajstić information content (AvgIpc) is 2.68. The van der Waals surface area contributed by atoms with Gasteiger partial charge in [0.05, 0.1) is 18.6 Å². The van der Waals surface area contributed by atoms with Gasteiger partial charge in [-0.05, 0) is 62.8 Å². The molecule has 0 unspecified atom stereocenters. The fraction of sp³-hybridized carbons (Fsp3) is 0.458. The number of amides is 1. The van der Waals surface area contributed by atoms with Crippen molar-refractivity contribution in [2.24, 2.45) is 0 Å². The summed E-state index contributed by atoms with van der Waals surface area (Å²) >= 11 is 0. The lowest BCUT2D eigenvalue weighted by atomic mass is 10.1. The predicted octanol–water partition coefficient (Wildman–Crippen LogP) is 3.92. The van der Waals surface area contributed by atoms with E-state index in [1.54, 1.807) is 0 Å². The molecule has 31 heavy (non-hydrogen) atoms. The Morgan fingerprint density at radius 2 is 1.74 bits per heavy atom. The molecular weight excluding hydrogens is 412 g/mol. The van der Waals surface area contributed by atoms with Crippen LogP contribution in [0.4, 0.5) is 5.69 Å². The summed E-state index contributed by atoms with van der Waals surface area (Å²) in [6.45, 7) is 8.66. The topological polar surface area (TPSA) is 75.7 Å². The number of nitrogens with zero attached hydrogens (tertiary/aromatic N) is 1. The Balaban J connectivity index is 1.98. The van der Waals surface area contributed by atoms with Crippen LogP contribution in [0.15, 0.2) is 36.4 Å². The zero-order chi connectivity index (χ0) is 23.0. The number of nitrogens with one attached hydrogen (secondary N) is 1. The molecule has 0 aromatic heterocycles. The van der Waals surface area contributed by atoms with Crippen molar-refractivity contribution < 1.29 is 17.9 Å². The Kier molecular flexibility index (Phi) is 8.92. The number of sulfonamides is 1. The second-order valence-corrected chi connectivity index (χ2v) is 9.83. The molecule has 2 rings (SSSR count). The highest BCUT2D eigenvalue weighted by Crippen LogP contribution is 2.28. The van der Waals surface area contributed by atoms with Gasteiger partial charge in [-0.3, -0.25) is 9.10 Å². The Morgan fingerprint density at radius 3 is 2.35 bits per heavy atom. The summed E-state index contributed by atoms with van der Waals surface area (Å²) in [5.41, 5.74) is 4.40. The van der Waals surface area contributed by atoms with Crippen LogP contribution in [0.25, 0.3) is 0 Å². The van der Waals surface area contributed by atoms with Crippen LogP contribution in [0.1, 0.15) is 42.0 Å². The molecule has 0 radical (unpaired) electrons. The van der Waals surface area contributed by atoms with Gasteiger partial charge < -0.3 is 10.1 Å². The SMILES string of the molecule is CCCOc1ccccc1CCCNC(=O)CN(c1c(C)cc(C)cc1C)S(C)(=O)=O. The average molecular weight is 447 g/mol. The van der Waals surface area contributed by atoms with Crippen molar-refractivity contribution in [1.82, 2.24) is 5.32 Å². The first-order chi connectivity index (χ1) is 14.6. The van der Waals surface area contributed by atoms with Gasteiger partial charge in [-0.1, -0.05) is 42.8 Å². The summed E-state index contributed by atoms with van der Waals surface area (Å²) in [6.07, 6.45) is 3.58. The van der Waals surface area contributed by atoms with E-state index in [2.05, 4.69) is 12.2 Å². The molecule has 0 fully saturated rings. The minimum atomic E-state index is -3.60. The highest BCUT2D eigenvalue weighted by atomic mass is 32.2. The van der Waals surface area contributed by atoms with Gasteiger partial charge in [0.15, 0.2) is 0 Å². The number of ether oxygens (including phenoxy) is 1. The lowest BCUT2D eigenvalue weighted by Gasteiger charge is -2.26. The first-order valence-electron chi connectivity index (χ1n) is 10.7. The smallest absolute Gasteiger partial charge is 0.240 e. The summed E-state index contributed by atoms with van der Waals surface area (Å²) in [4.78, 5) is 12.5. The Hall–Kier alpha value is -2.54. The van der Waals surface area contributed by atoms with E-state index < -0.39 is 10.0 Å². The van der Waals surface area contributed by atoms with Crippen molar-refractivity contribution in [3.8, 4) is 5.75 Å².